The predicted octanol–water partition coefficient (Wildman–Crippen LogP) is 3.45. The van der Waals surface area contributed by atoms with Crippen molar-refractivity contribution >= 4 is 27.4 Å². The van der Waals surface area contributed by atoms with Crippen molar-refractivity contribution in [3.05, 3.63) is 34.3 Å². The fourth-order valence-electron chi connectivity index (χ4n) is 2.74. The molecule has 1 fully saturated rings. The van der Waals surface area contributed by atoms with Gasteiger partial charge in [0, 0.05) is 5.92 Å². The van der Waals surface area contributed by atoms with E-state index in [1.165, 1.54) is 12.8 Å². The van der Waals surface area contributed by atoms with Crippen LogP contribution in [0.25, 0.3) is 5.52 Å². The lowest BCUT2D eigenvalue weighted by Crippen LogP contribution is -2.01. The van der Waals surface area contributed by atoms with Crippen LogP contribution in [0.5, 0.6) is 0 Å². The summed E-state index contributed by atoms with van der Waals surface area (Å²) < 4.78 is 2.79. The van der Waals surface area contributed by atoms with Gasteiger partial charge in [-0.15, -0.1) is 0 Å². The predicted molar refractivity (Wildman–Crippen MR) is 71.1 cm³/mol. The number of carboxylic acid groups (broad SMARTS) is 1. The summed E-state index contributed by atoms with van der Waals surface area (Å²) in [6.07, 6.45) is 4.60. The molecule has 94 valence electrons. The lowest BCUT2D eigenvalue weighted by molar-refractivity contribution is 0.0693. The number of aromatic carboxylic acids is 1. The third-order valence-electron chi connectivity index (χ3n) is 3.56. The second kappa shape index (κ2) is 4.39. The summed E-state index contributed by atoms with van der Waals surface area (Å²) in [6, 6.07) is 5.56. The van der Waals surface area contributed by atoms with Gasteiger partial charge in [0.1, 0.15) is 5.82 Å². The Morgan fingerprint density at radius 1 is 1.39 bits per heavy atom. The summed E-state index contributed by atoms with van der Waals surface area (Å²) in [7, 11) is 0. The molecule has 0 saturated heterocycles. The Kier molecular flexibility index (Phi) is 2.86. The van der Waals surface area contributed by atoms with Gasteiger partial charge in [-0.25, -0.2) is 9.78 Å². The maximum absolute atomic E-state index is 11.3. The number of pyridine rings is 1. The number of carboxylic acids is 1. The normalized spacial score (nSPS) is 16.5. The summed E-state index contributed by atoms with van der Waals surface area (Å²) >= 11 is 3.49. The van der Waals surface area contributed by atoms with Gasteiger partial charge < -0.3 is 5.11 Å². The fraction of sp³-hybridized carbons (Fsp3) is 0.385. The van der Waals surface area contributed by atoms with E-state index in [1.54, 1.807) is 6.07 Å². The van der Waals surface area contributed by atoms with Crippen LogP contribution >= 0.6 is 15.9 Å². The second-order valence-corrected chi connectivity index (χ2v) is 5.49. The van der Waals surface area contributed by atoms with Crippen LogP contribution in [0, 0.1) is 0 Å². The van der Waals surface area contributed by atoms with E-state index in [9.17, 15) is 9.90 Å². The van der Waals surface area contributed by atoms with Crippen LogP contribution in [0.2, 0.25) is 0 Å². The molecule has 2 aromatic rings. The monoisotopic (exact) mass is 308 g/mol. The van der Waals surface area contributed by atoms with E-state index in [4.69, 9.17) is 0 Å². The number of imidazole rings is 1. The molecule has 1 aliphatic rings. The average Bonchev–Trinajstić information content (AvgIpc) is 2.95. The van der Waals surface area contributed by atoms with Crippen LogP contribution in [-0.2, 0) is 0 Å². The van der Waals surface area contributed by atoms with Crippen molar-refractivity contribution in [2.24, 2.45) is 0 Å². The van der Waals surface area contributed by atoms with Crippen molar-refractivity contribution < 1.29 is 9.90 Å². The molecular formula is C13H13BrN2O2. The van der Waals surface area contributed by atoms with Crippen molar-refractivity contribution in [2.75, 3.05) is 0 Å². The van der Waals surface area contributed by atoms with Crippen molar-refractivity contribution in [1.29, 1.82) is 0 Å². The van der Waals surface area contributed by atoms with E-state index in [-0.39, 0.29) is 5.69 Å². The van der Waals surface area contributed by atoms with Gasteiger partial charge >= 0.3 is 5.97 Å². The summed E-state index contributed by atoms with van der Waals surface area (Å²) in [5.74, 6) is 0.298. The van der Waals surface area contributed by atoms with E-state index in [1.807, 2.05) is 16.5 Å². The number of halogens is 1. The lowest BCUT2D eigenvalue weighted by atomic mass is 10.1. The van der Waals surface area contributed by atoms with Crippen molar-refractivity contribution in [2.45, 2.75) is 31.6 Å². The molecule has 0 spiro atoms. The summed E-state index contributed by atoms with van der Waals surface area (Å²) in [6.45, 7) is 0. The highest BCUT2D eigenvalue weighted by molar-refractivity contribution is 9.10. The molecule has 0 atom stereocenters. The molecule has 1 saturated carbocycles. The Bertz CT molecular complexity index is 615. The van der Waals surface area contributed by atoms with Crippen LogP contribution in [0.3, 0.4) is 0 Å². The molecule has 1 aliphatic carbocycles. The largest absolute Gasteiger partial charge is 0.476 e. The van der Waals surface area contributed by atoms with Crippen LogP contribution in [0.15, 0.2) is 22.8 Å². The quantitative estimate of drug-likeness (QED) is 0.864. The van der Waals surface area contributed by atoms with Gasteiger partial charge in [0.2, 0.25) is 0 Å². The number of hydrogen-bond donors (Lipinski definition) is 1. The second-order valence-electron chi connectivity index (χ2n) is 4.67. The first-order chi connectivity index (χ1) is 8.68. The number of hydrogen-bond acceptors (Lipinski definition) is 2. The zero-order valence-corrected chi connectivity index (χ0v) is 11.4. The summed E-state index contributed by atoms with van der Waals surface area (Å²) in [4.78, 5) is 15.6. The molecular weight excluding hydrogens is 296 g/mol. The molecule has 0 radical (unpaired) electrons. The SMILES string of the molecule is O=C(O)c1nc(C2CCCC2)n2c(Br)cccc12. The maximum Gasteiger partial charge on any atom is 0.356 e. The topological polar surface area (TPSA) is 54.6 Å². The third kappa shape index (κ3) is 1.73. The first-order valence-electron chi connectivity index (χ1n) is 6.08. The lowest BCUT2D eigenvalue weighted by Gasteiger charge is -2.09. The van der Waals surface area contributed by atoms with E-state index in [0.29, 0.717) is 11.4 Å². The van der Waals surface area contributed by atoms with E-state index >= 15 is 0 Å². The van der Waals surface area contributed by atoms with Gasteiger partial charge in [0.25, 0.3) is 0 Å². The molecule has 0 aromatic carbocycles. The summed E-state index contributed by atoms with van der Waals surface area (Å²) in [5.41, 5.74) is 0.817. The molecule has 18 heavy (non-hydrogen) atoms. The van der Waals surface area contributed by atoms with E-state index in [2.05, 4.69) is 20.9 Å². The smallest absolute Gasteiger partial charge is 0.356 e. The van der Waals surface area contributed by atoms with Gasteiger partial charge in [-0.05, 0) is 40.9 Å². The highest BCUT2D eigenvalue weighted by Crippen LogP contribution is 2.35. The third-order valence-corrected chi connectivity index (χ3v) is 4.18. The Morgan fingerprint density at radius 3 is 2.78 bits per heavy atom. The van der Waals surface area contributed by atoms with Crippen LogP contribution < -0.4 is 0 Å². The summed E-state index contributed by atoms with van der Waals surface area (Å²) in [5, 5.41) is 9.24. The maximum atomic E-state index is 11.3. The fourth-order valence-corrected chi connectivity index (χ4v) is 3.26. The standard InChI is InChI=1S/C13H13BrN2O2/c14-10-7-3-6-9-11(13(17)18)15-12(16(9)10)8-4-1-2-5-8/h3,6-8H,1-2,4-5H2,(H,17,18). The number of aromatic nitrogens is 2. The zero-order valence-electron chi connectivity index (χ0n) is 9.77. The number of fused-ring (bicyclic) bond motifs is 1. The molecule has 0 unspecified atom stereocenters. The van der Waals surface area contributed by atoms with Crippen LogP contribution in [-0.4, -0.2) is 20.5 Å². The minimum atomic E-state index is -0.963. The highest BCUT2D eigenvalue weighted by atomic mass is 79.9. The van der Waals surface area contributed by atoms with Gasteiger partial charge in [0.05, 0.1) is 10.1 Å². The van der Waals surface area contributed by atoms with Crippen molar-refractivity contribution in [3.8, 4) is 0 Å². The van der Waals surface area contributed by atoms with Crippen LogP contribution in [0.4, 0.5) is 0 Å². The molecule has 0 bridgehead atoms. The van der Waals surface area contributed by atoms with Crippen LogP contribution in [0.1, 0.15) is 47.9 Å². The Balaban J connectivity index is 2.27. The number of nitrogens with zero attached hydrogens (tertiary/aromatic N) is 2. The van der Waals surface area contributed by atoms with Crippen molar-refractivity contribution in [1.82, 2.24) is 9.38 Å². The van der Waals surface area contributed by atoms with E-state index in [0.717, 1.165) is 23.3 Å². The Hall–Kier alpha value is -1.36. The molecule has 2 aromatic heterocycles. The molecule has 1 N–H and O–H groups in total. The van der Waals surface area contributed by atoms with Gasteiger partial charge in [-0.3, -0.25) is 4.40 Å². The molecule has 0 amide bonds. The molecule has 4 nitrogen and oxygen atoms in total. The van der Waals surface area contributed by atoms with E-state index < -0.39 is 5.97 Å². The van der Waals surface area contributed by atoms with Gasteiger partial charge in [-0.2, -0.15) is 0 Å². The minimum absolute atomic E-state index is 0.151. The van der Waals surface area contributed by atoms with Gasteiger partial charge in [-0.1, -0.05) is 18.9 Å². The molecule has 5 heteroatoms. The number of rotatable bonds is 2. The first-order valence-corrected chi connectivity index (χ1v) is 6.88. The highest BCUT2D eigenvalue weighted by Gasteiger charge is 2.26. The number of carbonyl (C=O) groups is 1. The molecule has 3 rings (SSSR count). The Labute approximate surface area is 113 Å². The van der Waals surface area contributed by atoms with Crippen molar-refractivity contribution in [3.63, 3.8) is 0 Å². The zero-order chi connectivity index (χ0) is 12.7. The Morgan fingerprint density at radius 2 is 2.11 bits per heavy atom. The van der Waals surface area contributed by atoms with Gasteiger partial charge in [0.15, 0.2) is 5.69 Å². The average molecular weight is 309 g/mol. The molecule has 2 heterocycles. The minimum Gasteiger partial charge on any atom is -0.476 e. The molecule has 0 aliphatic heterocycles. The first kappa shape index (κ1) is 11.7.